The van der Waals surface area contributed by atoms with Crippen LogP contribution in [0.15, 0.2) is 60.8 Å². The third-order valence-corrected chi connectivity index (χ3v) is 7.40. The first-order chi connectivity index (χ1) is 18.7. The largest absolute Gasteiger partial charge is 0.391 e. The lowest BCUT2D eigenvalue weighted by Crippen LogP contribution is -2.47. The van der Waals surface area contributed by atoms with Crippen molar-refractivity contribution in [2.75, 3.05) is 18.1 Å². The molecule has 0 radical (unpaired) electrons. The molecule has 3 N–H and O–H groups in total. The molecule has 1 aromatic heterocycles. The Morgan fingerprint density at radius 1 is 1.08 bits per heavy atom. The van der Waals surface area contributed by atoms with Crippen molar-refractivity contribution in [1.82, 2.24) is 20.6 Å². The summed E-state index contributed by atoms with van der Waals surface area (Å²) < 4.78 is 14.4. The number of amides is 2. The highest BCUT2D eigenvalue weighted by molar-refractivity contribution is 7.99. The molecule has 0 spiro atoms. The molecular weight excluding hydrogens is 515 g/mol. The number of carbonyl (C=O) groups is 2. The highest BCUT2D eigenvalue weighted by Crippen LogP contribution is 2.24. The van der Waals surface area contributed by atoms with Gasteiger partial charge in [-0.15, -0.1) is 0 Å². The van der Waals surface area contributed by atoms with Gasteiger partial charge >= 0.3 is 0 Å². The molecule has 210 valence electrons. The van der Waals surface area contributed by atoms with E-state index in [0.717, 1.165) is 17.1 Å². The molecule has 2 aromatic carbocycles. The average Bonchev–Trinajstić information content (AvgIpc) is 2.92. The Balaban J connectivity index is 1.78. The third kappa shape index (κ3) is 10.2. The molecule has 3 rings (SSSR count). The zero-order valence-corrected chi connectivity index (χ0v) is 23.7. The molecule has 0 saturated carbocycles. The van der Waals surface area contributed by atoms with E-state index < -0.39 is 29.6 Å². The predicted molar refractivity (Wildman–Crippen MR) is 155 cm³/mol. The molecule has 3 aromatic rings. The van der Waals surface area contributed by atoms with Crippen LogP contribution in [-0.2, 0) is 11.2 Å². The first kappa shape index (κ1) is 30.5. The number of aromatic nitrogens is 2. The van der Waals surface area contributed by atoms with Gasteiger partial charge in [-0.25, -0.2) is 9.37 Å². The molecule has 0 bridgehead atoms. The Labute approximate surface area is 234 Å². The third-order valence-electron chi connectivity index (χ3n) is 6.49. The maximum atomic E-state index is 14.4. The van der Waals surface area contributed by atoms with Crippen LogP contribution in [0, 0.1) is 5.92 Å². The van der Waals surface area contributed by atoms with E-state index in [4.69, 9.17) is 0 Å². The van der Waals surface area contributed by atoms with Gasteiger partial charge in [-0.05, 0) is 63.0 Å². The summed E-state index contributed by atoms with van der Waals surface area (Å²) in [4.78, 5) is 35.0. The van der Waals surface area contributed by atoms with Crippen LogP contribution in [-0.4, -0.2) is 62.8 Å². The molecule has 1 unspecified atom stereocenters. The predicted octanol–water partition coefficient (Wildman–Crippen LogP) is 4.74. The van der Waals surface area contributed by atoms with Crippen LogP contribution in [0.2, 0.25) is 0 Å². The van der Waals surface area contributed by atoms with Crippen molar-refractivity contribution < 1.29 is 19.1 Å². The van der Waals surface area contributed by atoms with Gasteiger partial charge in [-0.3, -0.25) is 14.6 Å². The Morgan fingerprint density at radius 3 is 2.46 bits per heavy atom. The summed E-state index contributed by atoms with van der Waals surface area (Å²) in [5.74, 6) is 0.468. The summed E-state index contributed by atoms with van der Waals surface area (Å²) in [6.07, 6.45) is 1.28. The fourth-order valence-corrected chi connectivity index (χ4v) is 4.86. The lowest BCUT2D eigenvalue weighted by atomic mass is 9.87. The smallest absolute Gasteiger partial charge is 0.271 e. The normalized spacial score (nSPS) is 14.0. The van der Waals surface area contributed by atoms with E-state index in [2.05, 4.69) is 27.5 Å². The van der Waals surface area contributed by atoms with Gasteiger partial charge in [0.1, 0.15) is 11.4 Å². The van der Waals surface area contributed by atoms with Crippen molar-refractivity contribution in [3.8, 4) is 0 Å². The van der Waals surface area contributed by atoms with Crippen molar-refractivity contribution >= 4 is 34.6 Å². The number of nitrogens with zero attached hydrogens (tertiary/aromatic N) is 2. The number of alkyl halides is 1. The van der Waals surface area contributed by atoms with Crippen LogP contribution in [0.4, 0.5) is 4.39 Å². The van der Waals surface area contributed by atoms with Crippen molar-refractivity contribution in [3.05, 3.63) is 72.1 Å². The van der Waals surface area contributed by atoms with Crippen molar-refractivity contribution in [1.29, 1.82) is 0 Å². The molecule has 0 saturated heterocycles. The van der Waals surface area contributed by atoms with Crippen LogP contribution < -0.4 is 10.6 Å². The minimum atomic E-state index is -1.44. The van der Waals surface area contributed by atoms with Crippen LogP contribution in [0.1, 0.15) is 56.1 Å². The van der Waals surface area contributed by atoms with Crippen LogP contribution in [0.25, 0.3) is 11.0 Å². The van der Waals surface area contributed by atoms with Crippen molar-refractivity contribution in [3.63, 3.8) is 0 Å². The number of aliphatic hydroxyl groups excluding tert-OH is 1. The molecule has 0 aliphatic heterocycles. The second-order valence-electron chi connectivity index (χ2n) is 10.3. The molecule has 3 atom stereocenters. The molecule has 9 heteroatoms. The fraction of sp³-hybridized carbons (Fsp3) is 0.467. The number of para-hydroxylation sites is 2. The fourth-order valence-electron chi connectivity index (χ4n) is 4.32. The van der Waals surface area contributed by atoms with Gasteiger partial charge in [0.25, 0.3) is 5.91 Å². The minimum absolute atomic E-state index is 0.0873. The van der Waals surface area contributed by atoms with E-state index in [-0.39, 0.29) is 30.9 Å². The molecular formula is C30H39FN4O3S. The number of rotatable bonds is 15. The van der Waals surface area contributed by atoms with E-state index in [1.165, 1.54) is 20.0 Å². The molecule has 0 aliphatic carbocycles. The number of aliphatic hydroxyl groups is 1. The Bertz CT molecular complexity index is 1210. The summed E-state index contributed by atoms with van der Waals surface area (Å²) in [6, 6.07) is 16.1. The molecule has 1 heterocycles. The second kappa shape index (κ2) is 14.9. The van der Waals surface area contributed by atoms with Gasteiger partial charge in [-0.1, -0.05) is 49.4 Å². The number of hydrogen-bond acceptors (Lipinski definition) is 6. The zero-order valence-electron chi connectivity index (χ0n) is 22.9. The van der Waals surface area contributed by atoms with E-state index >= 15 is 0 Å². The first-order valence-electron chi connectivity index (χ1n) is 13.4. The molecule has 39 heavy (non-hydrogen) atoms. The quantitative estimate of drug-likeness (QED) is 0.235. The van der Waals surface area contributed by atoms with Crippen LogP contribution >= 0.6 is 11.8 Å². The van der Waals surface area contributed by atoms with Gasteiger partial charge < -0.3 is 15.7 Å². The number of carbonyl (C=O) groups excluding carboxylic acids is 2. The highest BCUT2D eigenvalue weighted by Gasteiger charge is 2.30. The van der Waals surface area contributed by atoms with Gasteiger partial charge in [0.05, 0.1) is 29.4 Å². The Kier molecular flexibility index (Phi) is 11.7. The molecule has 0 fully saturated rings. The number of halogens is 1. The SMILES string of the molecule is CCSCCNC(=O)C(CCC(C)(C)F)C[C@H](O)[C@H](Cc1ccccc1)NC(=O)c1cnc2ccccc2n1. The molecule has 0 aliphatic rings. The lowest BCUT2D eigenvalue weighted by Gasteiger charge is -2.28. The summed E-state index contributed by atoms with van der Waals surface area (Å²) in [5, 5.41) is 17.2. The van der Waals surface area contributed by atoms with Gasteiger partial charge in [0, 0.05) is 18.2 Å². The second-order valence-corrected chi connectivity index (χ2v) is 11.7. The summed E-state index contributed by atoms with van der Waals surface area (Å²) >= 11 is 1.72. The average molecular weight is 555 g/mol. The van der Waals surface area contributed by atoms with Gasteiger partial charge in [0.2, 0.25) is 5.91 Å². The highest BCUT2D eigenvalue weighted by atomic mass is 32.2. The van der Waals surface area contributed by atoms with E-state index in [1.54, 1.807) is 17.8 Å². The summed E-state index contributed by atoms with van der Waals surface area (Å²) in [6.45, 7) is 5.53. The zero-order chi connectivity index (χ0) is 28.3. The standard InChI is InChI=1S/C30H39FN4O3S/c1-4-39-17-16-32-28(37)22(14-15-30(2,3)31)19-27(36)25(18-21-10-6-5-7-11-21)35-29(38)26-20-33-23-12-8-9-13-24(23)34-26/h5-13,20,22,25,27,36H,4,14-19H2,1-3H3,(H,32,37)(H,35,38)/t22?,25-,27-/m0/s1. The van der Waals surface area contributed by atoms with Gasteiger partial charge in [-0.2, -0.15) is 11.8 Å². The maximum absolute atomic E-state index is 14.4. The van der Waals surface area contributed by atoms with Crippen LogP contribution in [0.3, 0.4) is 0 Å². The number of fused-ring (bicyclic) bond motifs is 1. The van der Waals surface area contributed by atoms with E-state index in [0.29, 0.717) is 24.0 Å². The van der Waals surface area contributed by atoms with Crippen LogP contribution in [0.5, 0.6) is 0 Å². The van der Waals surface area contributed by atoms with Crippen molar-refractivity contribution in [2.24, 2.45) is 5.92 Å². The number of benzene rings is 2. The molecule has 2 amide bonds. The van der Waals surface area contributed by atoms with E-state index in [1.807, 2.05) is 48.5 Å². The Hall–Kier alpha value is -3.04. The monoisotopic (exact) mass is 554 g/mol. The maximum Gasteiger partial charge on any atom is 0.271 e. The summed E-state index contributed by atoms with van der Waals surface area (Å²) in [5.41, 5.74) is 0.900. The minimum Gasteiger partial charge on any atom is -0.391 e. The number of thioether (sulfide) groups is 1. The van der Waals surface area contributed by atoms with Crippen molar-refractivity contribution in [2.45, 2.75) is 64.3 Å². The summed E-state index contributed by atoms with van der Waals surface area (Å²) in [7, 11) is 0. The first-order valence-corrected chi connectivity index (χ1v) is 14.6. The lowest BCUT2D eigenvalue weighted by molar-refractivity contribution is -0.126. The van der Waals surface area contributed by atoms with E-state index in [9.17, 15) is 19.1 Å². The van der Waals surface area contributed by atoms with Gasteiger partial charge in [0.15, 0.2) is 0 Å². The topological polar surface area (TPSA) is 104 Å². The molecule has 7 nitrogen and oxygen atoms in total. The number of hydrogen-bond donors (Lipinski definition) is 3. The Morgan fingerprint density at radius 2 is 1.77 bits per heavy atom. The number of nitrogens with one attached hydrogen (secondary N) is 2.